The van der Waals surface area contributed by atoms with Crippen molar-refractivity contribution < 1.29 is 18.8 Å². The first-order valence-corrected chi connectivity index (χ1v) is 14.7. The quantitative estimate of drug-likeness (QED) is 0.141. The number of carbonyl (C=O) groups excluding carboxylic acids is 1. The third kappa shape index (κ3) is 13.0. The second-order valence-corrected chi connectivity index (χ2v) is 10.1. The van der Waals surface area contributed by atoms with E-state index in [9.17, 15) is 4.79 Å². The minimum Gasteiger partial charge on any atom is -0.493 e. The molecule has 0 aliphatic heterocycles. The number of hydrogen-bond acceptors (Lipinski definition) is 3. The summed E-state index contributed by atoms with van der Waals surface area (Å²) in [5, 5.41) is 3.05. The van der Waals surface area contributed by atoms with Gasteiger partial charge in [0.15, 0.2) is 17.7 Å². The Morgan fingerprint density at radius 1 is 0.811 bits per heavy atom. The number of unbranched alkanes of at least 4 members (excludes halogenated alkanes) is 11. The molecule has 206 valence electrons. The van der Waals surface area contributed by atoms with Gasteiger partial charge in [0, 0.05) is 18.6 Å². The highest BCUT2D eigenvalue weighted by molar-refractivity contribution is 5.78. The van der Waals surface area contributed by atoms with Gasteiger partial charge in [-0.15, -0.1) is 0 Å². The number of amides is 1. The lowest BCUT2D eigenvalue weighted by atomic mass is 10.1. The zero-order chi connectivity index (χ0) is 26.6. The molecule has 0 aliphatic carbocycles. The van der Waals surface area contributed by atoms with Crippen molar-refractivity contribution in [3.8, 4) is 11.5 Å². The van der Waals surface area contributed by atoms with Gasteiger partial charge in [0.2, 0.25) is 11.6 Å². The number of nitrogens with one attached hydrogen (secondary N) is 1. The molecular weight excluding hydrogens is 460 g/mol. The lowest BCUT2D eigenvalue weighted by Crippen LogP contribution is -2.40. The van der Waals surface area contributed by atoms with Crippen LogP contribution >= 0.6 is 0 Å². The number of methoxy groups -OCH3 is 1. The monoisotopic (exact) mass is 511 g/mol. The van der Waals surface area contributed by atoms with Crippen LogP contribution in [0, 0.1) is 0 Å². The van der Waals surface area contributed by atoms with Crippen molar-refractivity contribution in [1.29, 1.82) is 0 Å². The minimum absolute atomic E-state index is 0.000819. The van der Waals surface area contributed by atoms with Crippen molar-refractivity contribution >= 4 is 5.91 Å². The summed E-state index contributed by atoms with van der Waals surface area (Å²) < 4.78 is 13.7. The average molecular weight is 512 g/mol. The van der Waals surface area contributed by atoms with E-state index in [0.29, 0.717) is 25.3 Å². The van der Waals surface area contributed by atoms with Crippen LogP contribution in [-0.4, -0.2) is 19.6 Å². The van der Waals surface area contributed by atoms with Crippen LogP contribution in [-0.2, 0) is 24.3 Å². The molecule has 0 bridgehead atoms. The molecule has 1 aromatic heterocycles. The van der Waals surface area contributed by atoms with Crippen LogP contribution in [0.1, 0.15) is 109 Å². The Hall–Kier alpha value is -2.56. The summed E-state index contributed by atoms with van der Waals surface area (Å²) in [6.45, 7) is 6.60. The van der Waals surface area contributed by atoms with Crippen LogP contribution < -0.4 is 19.4 Å². The largest absolute Gasteiger partial charge is 0.493 e. The Bertz CT molecular complexity index is 884. The first-order valence-electron chi connectivity index (χ1n) is 14.7. The number of ether oxygens (including phenoxy) is 2. The van der Waals surface area contributed by atoms with Crippen molar-refractivity contribution in [2.45, 2.75) is 117 Å². The third-order valence-corrected chi connectivity index (χ3v) is 6.81. The highest BCUT2D eigenvalue weighted by atomic mass is 16.5. The number of carbonyl (C=O) groups is 1. The molecule has 0 unspecified atom stereocenters. The molecule has 1 N–H and O–H groups in total. The van der Waals surface area contributed by atoms with Gasteiger partial charge in [-0.3, -0.25) is 4.79 Å². The van der Waals surface area contributed by atoms with Crippen molar-refractivity contribution in [1.82, 2.24) is 5.32 Å². The standard InChI is InChI=1S/C32H50N2O3/c1-4-6-7-8-9-10-11-12-13-14-15-18-24-37-30-21-20-28(25-31(30)36-3)26-32(35)33-27-29-19-16-17-23-34(29)22-5-2/h16-17,19-21,23,25H,4-15,18,22,24,26-27H2,1-3H3/p+1. The van der Waals surface area contributed by atoms with Gasteiger partial charge in [-0.1, -0.05) is 96.6 Å². The maximum atomic E-state index is 12.6. The zero-order valence-electron chi connectivity index (χ0n) is 23.7. The summed E-state index contributed by atoms with van der Waals surface area (Å²) in [6.07, 6.45) is 19.4. The maximum Gasteiger partial charge on any atom is 0.224 e. The van der Waals surface area contributed by atoms with Gasteiger partial charge in [-0.05, 0) is 24.1 Å². The van der Waals surface area contributed by atoms with E-state index in [0.717, 1.165) is 36.4 Å². The summed E-state index contributed by atoms with van der Waals surface area (Å²) in [7, 11) is 1.65. The molecule has 0 fully saturated rings. The fourth-order valence-corrected chi connectivity index (χ4v) is 4.63. The number of rotatable bonds is 21. The summed E-state index contributed by atoms with van der Waals surface area (Å²) in [6, 6.07) is 11.9. The third-order valence-electron chi connectivity index (χ3n) is 6.81. The van der Waals surface area contributed by atoms with Crippen molar-refractivity contribution in [3.63, 3.8) is 0 Å². The summed E-state index contributed by atoms with van der Waals surface area (Å²) >= 11 is 0. The maximum absolute atomic E-state index is 12.6. The lowest BCUT2D eigenvalue weighted by Gasteiger charge is -2.12. The second-order valence-electron chi connectivity index (χ2n) is 10.1. The first kappa shape index (κ1) is 30.7. The van der Waals surface area contributed by atoms with Crippen molar-refractivity contribution in [2.24, 2.45) is 0 Å². The second kappa shape index (κ2) is 19.5. The van der Waals surface area contributed by atoms with E-state index in [4.69, 9.17) is 9.47 Å². The molecule has 2 aromatic rings. The number of nitrogens with zero attached hydrogens (tertiary/aromatic N) is 1. The Morgan fingerprint density at radius 3 is 2.14 bits per heavy atom. The van der Waals surface area contributed by atoms with Crippen LogP contribution in [0.5, 0.6) is 11.5 Å². The molecule has 1 aromatic carbocycles. The van der Waals surface area contributed by atoms with Crippen LogP contribution in [0.15, 0.2) is 42.6 Å². The smallest absolute Gasteiger partial charge is 0.224 e. The van der Waals surface area contributed by atoms with Gasteiger partial charge in [-0.25, -0.2) is 4.57 Å². The fraction of sp³-hybridized carbons (Fsp3) is 0.625. The Balaban J connectivity index is 1.63. The molecule has 0 radical (unpaired) electrons. The molecule has 2 rings (SSSR count). The number of benzene rings is 1. The van der Waals surface area contributed by atoms with Crippen molar-refractivity contribution in [2.75, 3.05) is 13.7 Å². The molecular formula is C32H51N2O3+. The number of hydrogen-bond donors (Lipinski definition) is 1. The van der Waals surface area contributed by atoms with Gasteiger partial charge in [0.1, 0.15) is 13.1 Å². The Kier molecular flexibility index (Phi) is 16.2. The molecule has 0 atom stereocenters. The van der Waals surface area contributed by atoms with Crippen molar-refractivity contribution in [3.05, 3.63) is 53.9 Å². The van der Waals surface area contributed by atoms with E-state index < -0.39 is 0 Å². The lowest BCUT2D eigenvalue weighted by molar-refractivity contribution is -0.704. The van der Waals surface area contributed by atoms with Crippen LogP contribution in [0.4, 0.5) is 0 Å². The predicted molar refractivity (Wildman–Crippen MR) is 152 cm³/mol. The molecule has 1 amide bonds. The molecule has 0 spiro atoms. The molecule has 5 nitrogen and oxygen atoms in total. The average Bonchev–Trinajstić information content (AvgIpc) is 2.91. The Morgan fingerprint density at radius 2 is 1.49 bits per heavy atom. The van der Waals surface area contributed by atoms with E-state index in [1.54, 1.807) is 7.11 Å². The van der Waals surface area contributed by atoms with E-state index in [1.807, 2.05) is 30.3 Å². The van der Waals surface area contributed by atoms with E-state index in [2.05, 4.69) is 36.0 Å². The summed E-state index contributed by atoms with van der Waals surface area (Å²) in [5.41, 5.74) is 2.03. The van der Waals surface area contributed by atoms with E-state index in [-0.39, 0.29) is 5.91 Å². The number of aryl methyl sites for hydroxylation is 1. The van der Waals surface area contributed by atoms with Gasteiger partial charge in [0.05, 0.1) is 20.1 Å². The van der Waals surface area contributed by atoms with Gasteiger partial charge in [-0.2, -0.15) is 0 Å². The molecule has 5 heteroatoms. The molecule has 1 heterocycles. The minimum atomic E-state index is -0.000819. The molecule has 0 saturated heterocycles. The van der Waals surface area contributed by atoms with Crippen LogP contribution in [0.25, 0.3) is 0 Å². The SMILES string of the molecule is CCCCCCCCCCCCCCOc1ccc(CC(=O)NCc2cccc[n+]2CCC)cc1OC. The van der Waals surface area contributed by atoms with Gasteiger partial charge >= 0.3 is 0 Å². The normalized spacial score (nSPS) is 10.9. The number of aromatic nitrogens is 1. The Labute approximate surface area is 226 Å². The highest BCUT2D eigenvalue weighted by Gasteiger charge is 2.12. The van der Waals surface area contributed by atoms with E-state index >= 15 is 0 Å². The van der Waals surface area contributed by atoms with Gasteiger partial charge < -0.3 is 14.8 Å². The highest BCUT2D eigenvalue weighted by Crippen LogP contribution is 2.28. The molecule has 0 saturated carbocycles. The topological polar surface area (TPSA) is 51.4 Å². The predicted octanol–water partition coefficient (Wildman–Crippen LogP) is 7.33. The number of pyridine rings is 1. The van der Waals surface area contributed by atoms with Gasteiger partial charge in [0.25, 0.3) is 0 Å². The first-order chi connectivity index (χ1) is 18.2. The van der Waals surface area contributed by atoms with E-state index in [1.165, 1.54) is 70.6 Å². The zero-order valence-corrected chi connectivity index (χ0v) is 23.7. The molecule has 37 heavy (non-hydrogen) atoms. The molecule has 0 aliphatic rings. The van der Waals surface area contributed by atoms with Crippen LogP contribution in [0.2, 0.25) is 0 Å². The summed E-state index contributed by atoms with van der Waals surface area (Å²) in [4.78, 5) is 12.6. The summed E-state index contributed by atoms with van der Waals surface area (Å²) in [5.74, 6) is 1.44. The van der Waals surface area contributed by atoms with Crippen LogP contribution in [0.3, 0.4) is 0 Å². The fourth-order valence-electron chi connectivity index (χ4n) is 4.63.